The molecule has 2 nitrogen and oxygen atoms in total. The van der Waals surface area contributed by atoms with E-state index in [0.717, 1.165) is 0 Å². The first-order valence-corrected chi connectivity index (χ1v) is 4.38. The lowest BCUT2D eigenvalue weighted by Crippen LogP contribution is -2.18. The summed E-state index contributed by atoms with van der Waals surface area (Å²) in [6.45, 7) is 0. The lowest BCUT2D eigenvalue weighted by molar-refractivity contribution is 0.268. The number of anilines is 1. The lowest BCUT2D eigenvalue weighted by Gasteiger charge is -2.12. The molecule has 0 atom stereocenters. The van der Waals surface area contributed by atoms with Gasteiger partial charge in [-0.15, -0.1) is 0 Å². The molecule has 0 saturated heterocycles. The zero-order chi connectivity index (χ0) is 9.14. The molecular formula is C8H7FINO. The quantitative estimate of drug-likeness (QED) is 0.440. The van der Waals surface area contributed by atoms with Crippen molar-refractivity contribution in [1.82, 2.24) is 0 Å². The fraction of sp³-hybridized carbons (Fsp3) is 0.125. The van der Waals surface area contributed by atoms with E-state index in [2.05, 4.69) is 0 Å². The highest BCUT2D eigenvalue weighted by molar-refractivity contribution is 14.1. The van der Waals surface area contributed by atoms with Crippen LogP contribution in [0.2, 0.25) is 0 Å². The number of halogens is 2. The number of amides is 1. The van der Waals surface area contributed by atoms with Gasteiger partial charge in [0.05, 0.1) is 0 Å². The van der Waals surface area contributed by atoms with E-state index in [1.54, 1.807) is 41.8 Å². The van der Waals surface area contributed by atoms with Crippen LogP contribution in [0.15, 0.2) is 24.3 Å². The summed E-state index contributed by atoms with van der Waals surface area (Å²) in [4.78, 5) is 12.3. The van der Waals surface area contributed by atoms with Gasteiger partial charge in [0.15, 0.2) is 0 Å². The Morgan fingerprint density at radius 1 is 1.42 bits per heavy atom. The maximum Gasteiger partial charge on any atom is 0.287 e. The van der Waals surface area contributed by atoms with Gasteiger partial charge in [0.1, 0.15) is 5.82 Å². The van der Waals surface area contributed by atoms with E-state index in [-0.39, 0.29) is 9.73 Å². The van der Waals surface area contributed by atoms with Gasteiger partial charge in [0, 0.05) is 35.3 Å². The molecule has 1 amide bonds. The average molecular weight is 279 g/mol. The van der Waals surface area contributed by atoms with Gasteiger partial charge < -0.3 is 4.90 Å². The van der Waals surface area contributed by atoms with Crippen LogP contribution in [0.3, 0.4) is 0 Å². The number of hydrogen-bond acceptors (Lipinski definition) is 1. The maximum atomic E-state index is 12.4. The van der Waals surface area contributed by atoms with Gasteiger partial charge in [0.25, 0.3) is 3.91 Å². The zero-order valence-electron chi connectivity index (χ0n) is 6.42. The van der Waals surface area contributed by atoms with Crippen molar-refractivity contribution in [3.05, 3.63) is 30.1 Å². The minimum Gasteiger partial charge on any atom is -0.307 e. The highest BCUT2D eigenvalue weighted by Gasteiger charge is 2.05. The van der Waals surface area contributed by atoms with Crippen molar-refractivity contribution in [2.24, 2.45) is 0 Å². The zero-order valence-corrected chi connectivity index (χ0v) is 8.58. The molecule has 1 aromatic rings. The summed E-state index contributed by atoms with van der Waals surface area (Å²) < 4.78 is 12.3. The monoisotopic (exact) mass is 279 g/mol. The molecule has 0 fully saturated rings. The topological polar surface area (TPSA) is 20.3 Å². The van der Waals surface area contributed by atoms with E-state index in [9.17, 15) is 9.18 Å². The fourth-order valence-corrected chi connectivity index (χ4v) is 1.04. The molecule has 0 saturated carbocycles. The Morgan fingerprint density at radius 2 is 1.92 bits per heavy atom. The molecule has 1 rings (SSSR count). The number of carbonyl (C=O) groups excluding carboxylic acids is 1. The molecule has 1 aromatic carbocycles. The molecule has 0 heterocycles. The third kappa shape index (κ3) is 2.17. The van der Waals surface area contributed by atoms with Gasteiger partial charge in [0.2, 0.25) is 0 Å². The van der Waals surface area contributed by atoms with Gasteiger partial charge in [-0.05, 0) is 24.3 Å². The number of rotatable bonds is 1. The molecule has 0 aliphatic carbocycles. The van der Waals surface area contributed by atoms with E-state index in [0.29, 0.717) is 5.69 Å². The predicted molar refractivity (Wildman–Crippen MR) is 54.2 cm³/mol. The molecule has 64 valence electrons. The predicted octanol–water partition coefficient (Wildman–Crippen LogP) is 2.82. The van der Waals surface area contributed by atoms with Crippen molar-refractivity contribution in [2.45, 2.75) is 0 Å². The Kier molecular flexibility index (Phi) is 3.02. The molecule has 0 aliphatic heterocycles. The summed E-state index contributed by atoms with van der Waals surface area (Å²) in [5.74, 6) is -0.298. The summed E-state index contributed by atoms with van der Waals surface area (Å²) in [5.41, 5.74) is 0.691. The number of carbonyl (C=O) groups is 1. The largest absolute Gasteiger partial charge is 0.307 e. The van der Waals surface area contributed by atoms with E-state index in [1.807, 2.05) is 0 Å². The molecular weight excluding hydrogens is 272 g/mol. The SMILES string of the molecule is CN(C(=O)I)c1ccc(F)cc1. The minimum atomic E-state index is -0.298. The van der Waals surface area contributed by atoms with Crippen LogP contribution >= 0.6 is 22.6 Å². The van der Waals surface area contributed by atoms with Crippen LogP contribution in [0.5, 0.6) is 0 Å². The number of nitrogens with zero attached hydrogens (tertiary/aromatic N) is 1. The van der Waals surface area contributed by atoms with Crippen LogP contribution in [-0.2, 0) is 0 Å². The second kappa shape index (κ2) is 3.84. The number of benzene rings is 1. The highest BCUT2D eigenvalue weighted by Crippen LogP contribution is 2.15. The molecule has 0 spiro atoms. The smallest absolute Gasteiger partial charge is 0.287 e. The third-order valence-electron chi connectivity index (χ3n) is 1.48. The Balaban J connectivity index is 2.89. The molecule has 12 heavy (non-hydrogen) atoms. The number of hydrogen-bond donors (Lipinski definition) is 0. The van der Waals surface area contributed by atoms with Gasteiger partial charge in [-0.3, -0.25) is 4.79 Å². The molecule has 0 aromatic heterocycles. The Bertz CT molecular complexity index is 286. The highest BCUT2D eigenvalue weighted by atomic mass is 127. The fourth-order valence-electron chi connectivity index (χ4n) is 0.766. The van der Waals surface area contributed by atoms with E-state index >= 15 is 0 Å². The second-order valence-corrected chi connectivity index (χ2v) is 3.21. The summed E-state index contributed by atoms with van der Waals surface area (Å²) in [7, 11) is 1.64. The molecule has 4 heteroatoms. The van der Waals surface area contributed by atoms with Crippen LogP contribution in [0.1, 0.15) is 0 Å². The first-order valence-electron chi connectivity index (χ1n) is 3.30. The lowest BCUT2D eigenvalue weighted by atomic mass is 10.3. The average Bonchev–Trinajstić information content (AvgIpc) is 2.04. The van der Waals surface area contributed by atoms with Gasteiger partial charge in [-0.25, -0.2) is 4.39 Å². The molecule has 0 aliphatic rings. The third-order valence-corrected chi connectivity index (χ3v) is 2.20. The second-order valence-electron chi connectivity index (χ2n) is 2.29. The van der Waals surface area contributed by atoms with Crippen LogP contribution < -0.4 is 4.90 Å². The van der Waals surface area contributed by atoms with Crippen molar-refractivity contribution in [2.75, 3.05) is 11.9 Å². The van der Waals surface area contributed by atoms with Crippen LogP contribution in [0.25, 0.3) is 0 Å². The normalized spacial score (nSPS) is 9.58. The molecule has 0 bridgehead atoms. The Labute approximate surface area is 83.5 Å². The van der Waals surface area contributed by atoms with Gasteiger partial charge >= 0.3 is 0 Å². The van der Waals surface area contributed by atoms with Crippen molar-refractivity contribution in [3.63, 3.8) is 0 Å². The maximum absolute atomic E-state index is 12.4. The van der Waals surface area contributed by atoms with Crippen LogP contribution in [-0.4, -0.2) is 11.0 Å². The molecule has 0 N–H and O–H groups in total. The minimum absolute atomic E-state index is 0.0980. The van der Waals surface area contributed by atoms with Crippen molar-refractivity contribution in [3.8, 4) is 0 Å². The summed E-state index contributed by atoms with van der Waals surface area (Å²) in [5, 5.41) is 0. The molecule has 0 radical (unpaired) electrons. The van der Waals surface area contributed by atoms with E-state index in [1.165, 1.54) is 17.0 Å². The van der Waals surface area contributed by atoms with E-state index < -0.39 is 0 Å². The van der Waals surface area contributed by atoms with Gasteiger partial charge in [-0.2, -0.15) is 0 Å². The van der Waals surface area contributed by atoms with Gasteiger partial charge in [-0.1, -0.05) is 0 Å². The van der Waals surface area contributed by atoms with Crippen LogP contribution in [0, 0.1) is 5.82 Å². The standard InChI is InChI=1S/C8H7FINO/c1-11(8(10)12)7-4-2-6(9)3-5-7/h2-5H,1H3. The van der Waals surface area contributed by atoms with Crippen molar-refractivity contribution >= 4 is 32.2 Å². The summed E-state index contributed by atoms with van der Waals surface area (Å²) >= 11 is 1.67. The first-order chi connectivity index (χ1) is 5.61. The summed E-state index contributed by atoms with van der Waals surface area (Å²) in [6.07, 6.45) is 0. The van der Waals surface area contributed by atoms with E-state index in [4.69, 9.17) is 0 Å². The van der Waals surface area contributed by atoms with Crippen molar-refractivity contribution in [1.29, 1.82) is 0 Å². The first kappa shape index (κ1) is 9.44. The Hall–Kier alpha value is -0.650. The van der Waals surface area contributed by atoms with Crippen molar-refractivity contribution < 1.29 is 9.18 Å². The summed E-state index contributed by atoms with van der Waals surface area (Å²) in [6, 6.07) is 5.77. The Morgan fingerprint density at radius 3 is 2.33 bits per heavy atom. The van der Waals surface area contributed by atoms with Crippen LogP contribution in [0.4, 0.5) is 14.9 Å². The molecule has 0 unspecified atom stereocenters.